The maximum atomic E-state index is 16.2. The Kier molecular flexibility index (Phi) is 10.9. The quantitative estimate of drug-likeness (QED) is 0.0524. The molecule has 4 aromatic heterocycles. The topological polar surface area (TPSA) is 212 Å². The molecule has 4 aromatic carbocycles. The Hall–Kier alpha value is -7.68. The number of alkyl halides is 10. The predicted molar refractivity (Wildman–Crippen MR) is 268 cm³/mol. The van der Waals surface area contributed by atoms with E-state index in [0.29, 0.717) is 53.7 Å². The van der Waals surface area contributed by atoms with Crippen LogP contribution in [0.4, 0.5) is 61.5 Å². The molecule has 16 nitrogen and oxygen atoms in total. The molecule has 0 aliphatic heterocycles. The van der Waals surface area contributed by atoms with Crippen molar-refractivity contribution in [2.45, 2.75) is 48.4 Å². The van der Waals surface area contributed by atoms with Crippen LogP contribution in [0.1, 0.15) is 71.6 Å². The third kappa shape index (κ3) is 14.9. The zero-order valence-corrected chi connectivity index (χ0v) is 39.4. The van der Waals surface area contributed by atoms with E-state index in [9.17, 15) is 54.1 Å². The number of benzene rings is 4. The van der Waals surface area contributed by atoms with Crippen LogP contribution in [0.2, 0.25) is 0 Å². The minimum absolute atomic E-state index is 0.0742. The first-order valence-corrected chi connectivity index (χ1v) is 21.3. The largest absolute Gasteiger partial charge is 0.488 e. The molecule has 434 valence electrons. The van der Waals surface area contributed by atoms with Crippen molar-refractivity contribution in [1.29, 1.82) is 0 Å². The van der Waals surface area contributed by atoms with Crippen molar-refractivity contribution in [1.82, 2.24) is 50.4 Å². The molecule has 2 atom stereocenters. The number of pyridine rings is 2. The summed E-state index contributed by atoms with van der Waals surface area (Å²) < 4.78 is 407. The fourth-order valence-corrected chi connectivity index (χ4v) is 6.15. The molecule has 0 fully saturated rings. The summed E-state index contributed by atoms with van der Waals surface area (Å²) in [6.45, 7) is -10.9. The van der Waals surface area contributed by atoms with E-state index < -0.39 is 185 Å². The summed E-state index contributed by atoms with van der Waals surface area (Å²) in [6, 6.07) is -1.67. The van der Waals surface area contributed by atoms with Crippen molar-refractivity contribution >= 4 is 28.5 Å². The Bertz CT molecular complexity index is 3880. The summed E-state index contributed by atoms with van der Waals surface area (Å²) in [5.41, 5.74) is -14.8. The van der Waals surface area contributed by atoms with Crippen LogP contribution in [0.15, 0.2) is 139 Å². The molecular weight excluding hydrogens is 1150 g/mol. The molecule has 78 heavy (non-hydrogen) atoms. The molecule has 0 spiro atoms. The standard InChI is InChI=1S/C23H16F7N5O2.C15H10BrF4N5O.C8H8BF3O3.11H2/c24-16-4-7-18(19(25)9-16)21(36,11-35-13-32-33-34-35)23(29,30)20-8-3-15(10-31-20)14-1-5-17(6-2-14)37-12-22(26,27)28;16-9-1-4-13(21-6-9)15(19,20)14(26,7-25-8-22-23-24-25)11-3-2-10(17)5-12(11)18;10-8(11,12)5-15-7-3-1-6(2-4-7)9(13)14;;;;;;;;;;;/h1-10,13,36H,11-12H2;1-6,8,26H,7H2;1-4,13-14H,5H2;11*1H/i1D,2D,5D,6D,11D2;7D2;1D,2D,3D,4D;11*1+1D. The van der Waals surface area contributed by atoms with Gasteiger partial charge in [0.25, 0.3) is 0 Å². The van der Waals surface area contributed by atoms with E-state index in [2.05, 4.69) is 66.4 Å². The fourth-order valence-electron chi connectivity index (χ4n) is 5.92. The normalized spacial score (nSPS) is 17.2. The lowest BCUT2D eigenvalue weighted by Crippen LogP contribution is -2.48. The van der Waals surface area contributed by atoms with Gasteiger partial charge in [-0.3, -0.25) is 9.97 Å². The first kappa shape index (κ1) is 35.0. The van der Waals surface area contributed by atoms with Crippen LogP contribution < -0.4 is 14.9 Å². The number of halogens is 15. The number of ether oxygens (including phenoxy) is 2. The van der Waals surface area contributed by atoms with Crippen molar-refractivity contribution in [3.8, 4) is 22.6 Å². The molecule has 4 N–H and O–H groups in total. The van der Waals surface area contributed by atoms with Crippen molar-refractivity contribution in [2.24, 2.45) is 0 Å². The summed E-state index contributed by atoms with van der Waals surface area (Å²) in [4.78, 5) is 6.99. The van der Waals surface area contributed by atoms with Gasteiger partial charge in [-0.25, -0.2) is 26.9 Å². The number of tetrazole rings is 2. The zero-order valence-electron chi connectivity index (χ0n) is 71.8. The molecule has 0 aliphatic rings. The highest BCUT2D eigenvalue weighted by Crippen LogP contribution is 2.48. The van der Waals surface area contributed by atoms with E-state index in [1.54, 1.807) is 0 Å². The molecule has 0 aliphatic carbocycles. The van der Waals surface area contributed by atoms with Gasteiger partial charge in [-0.2, -0.15) is 43.9 Å². The molecule has 8 rings (SSSR count). The molecule has 2 unspecified atom stereocenters. The van der Waals surface area contributed by atoms with Crippen LogP contribution in [-0.2, 0) is 36.0 Å². The second-order valence-electron chi connectivity index (χ2n) is 15.0. The van der Waals surface area contributed by atoms with Crippen LogP contribution in [0.3, 0.4) is 0 Å². The van der Waals surface area contributed by atoms with E-state index >= 15 is 17.6 Å². The van der Waals surface area contributed by atoms with Crippen LogP contribution in [0.5, 0.6) is 11.5 Å². The Morgan fingerprint density at radius 1 is 0.590 bits per heavy atom. The molecule has 0 saturated heterocycles. The predicted octanol–water partition coefficient (Wildman–Crippen LogP) is 10.4. The van der Waals surface area contributed by atoms with Crippen molar-refractivity contribution in [2.75, 3.05) is 13.2 Å². The van der Waals surface area contributed by atoms with Gasteiger partial charge >= 0.3 is 31.3 Å². The lowest BCUT2D eigenvalue weighted by Gasteiger charge is -2.35. The number of hydrogen-bond acceptors (Lipinski definition) is 14. The highest BCUT2D eigenvalue weighted by Gasteiger charge is 2.59. The second-order valence-corrected chi connectivity index (χ2v) is 15.9. The summed E-state index contributed by atoms with van der Waals surface area (Å²) in [5.74, 6) is -16.9. The van der Waals surface area contributed by atoms with E-state index in [1.165, 1.54) is 6.07 Å². The highest BCUT2D eigenvalue weighted by atomic mass is 79.9. The van der Waals surface area contributed by atoms with Gasteiger partial charge in [-0.15, -0.1) is 10.2 Å². The smallest absolute Gasteiger partial charge is 0.484 e. The van der Waals surface area contributed by atoms with Gasteiger partial charge < -0.3 is 29.7 Å². The number of aliphatic hydroxyl groups is 2. The van der Waals surface area contributed by atoms with Gasteiger partial charge in [0, 0.05) is 78.4 Å². The maximum Gasteiger partial charge on any atom is 0.488 e. The van der Waals surface area contributed by atoms with E-state index in [0.717, 1.165) is 18.3 Å². The lowest BCUT2D eigenvalue weighted by atomic mass is 9.80. The van der Waals surface area contributed by atoms with Gasteiger partial charge in [0.1, 0.15) is 58.8 Å². The van der Waals surface area contributed by atoms with Gasteiger partial charge in [0.05, 0.1) is 29.4 Å². The van der Waals surface area contributed by atoms with Gasteiger partial charge in [0.15, 0.2) is 24.4 Å². The summed E-state index contributed by atoms with van der Waals surface area (Å²) in [6.07, 6.45) is -6.81. The SMILES string of the molecule is [2H]C([2H])(n1cnnn1)C(O)(c1ccc(F)cc1F)C(F)(F)c1ccc(Br)cn1.[2H][2H].[2H][2H].[2H][2H].[2H][2H].[2H][2H].[2H][2H].[2H][2H].[2H][2H].[2H][2H].[2H][2H].[2H][2H].[2H]c1c([2H])c(-c2ccc(C(F)(F)C(O)(c3ccc(F)cc3F)C([2H])([2H])n3cnnn3)nc2)c([2H])c([2H])c1OCC(F)(F)F.[2H]c1c([2H])c(B(O)O)c([2H])c([2H])c1OCC(F)(F)F. The number of rotatable bonds is 16. The fraction of sp³-hybridized carbons (Fsp3) is 0.217. The maximum absolute atomic E-state index is 16.2. The summed E-state index contributed by atoms with van der Waals surface area (Å²) >= 11 is 3.02. The van der Waals surface area contributed by atoms with Crippen LogP contribution in [-0.4, -0.2) is 103 Å². The first-order chi connectivity index (χ1) is 52.4. The zero-order chi connectivity index (χ0) is 89.8. The van der Waals surface area contributed by atoms with Crippen molar-refractivity contribution in [3.05, 3.63) is 184 Å². The van der Waals surface area contributed by atoms with Crippen LogP contribution >= 0.6 is 15.9 Å². The molecule has 0 saturated carbocycles. The van der Waals surface area contributed by atoms with Crippen LogP contribution in [0.25, 0.3) is 11.1 Å². The Balaban J connectivity index is -0.000000352. The Labute approximate surface area is 488 Å². The third-order valence-electron chi connectivity index (χ3n) is 9.47. The van der Waals surface area contributed by atoms with Gasteiger partial charge in [-0.1, -0.05) is 30.2 Å². The minimum Gasteiger partial charge on any atom is -0.484 e. The van der Waals surface area contributed by atoms with Gasteiger partial charge in [0.2, 0.25) is 0 Å². The van der Waals surface area contributed by atoms with Crippen molar-refractivity contribution in [3.63, 3.8) is 0 Å². The number of aromatic nitrogens is 10. The molecule has 4 heterocycles. The third-order valence-corrected chi connectivity index (χ3v) is 9.94. The monoisotopic (exact) mass is 1230 g/mol. The van der Waals surface area contributed by atoms with Crippen LogP contribution in [0, 0.1) is 23.3 Å². The number of nitrogens with zero attached hydrogens (tertiary/aromatic N) is 10. The minimum atomic E-state index is -4.86. The van der Waals surface area contributed by atoms with E-state index in [-0.39, 0.29) is 27.1 Å². The molecule has 0 amide bonds. The molecule has 0 bridgehead atoms. The summed E-state index contributed by atoms with van der Waals surface area (Å²) in [5, 5.41) is 59.2. The lowest BCUT2D eigenvalue weighted by molar-refractivity contribution is -0.207. The van der Waals surface area contributed by atoms with E-state index in [4.69, 9.17) is 59.2 Å². The average Bonchev–Trinajstić information content (AvgIpc) is 1.17. The summed E-state index contributed by atoms with van der Waals surface area (Å²) in [7, 11) is -2.27. The Morgan fingerprint density at radius 3 is 1.36 bits per heavy atom. The van der Waals surface area contributed by atoms with Crippen molar-refractivity contribution < 1.29 is 140 Å². The first-order valence-electron chi connectivity index (χ1n) is 37.5. The second kappa shape index (κ2) is 24.3. The van der Waals surface area contributed by atoms with E-state index in [1.807, 2.05) is 0 Å². The van der Waals surface area contributed by atoms with Gasteiger partial charge in [-0.05, 0) is 114 Å². The molecule has 0 radical (unpaired) electrons. The average molecular weight is 1240 g/mol. The molecular formula is C46H56BBrF14N10O6. The molecule has 8 aromatic rings. The number of hydrogen-bond donors (Lipinski definition) is 4. The Morgan fingerprint density at radius 2 is 1.01 bits per heavy atom. The molecule has 32 heteroatoms. The highest BCUT2D eigenvalue weighted by molar-refractivity contribution is 9.10.